The molecule has 3 aromatic rings. The quantitative estimate of drug-likeness (QED) is 0.597. The Morgan fingerprint density at radius 2 is 1.54 bits per heavy atom. The summed E-state index contributed by atoms with van der Waals surface area (Å²) in [6, 6.07) is 12.6. The molecule has 0 amide bonds. The van der Waals surface area contributed by atoms with E-state index in [9.17, 15) is 8.42 Å². The molecule has 146 valence electrons. The third-order valence-corrected chi connectivity index (χ3v) is 7.14. The molecule has 0 spiro atoms. The summed E-state index contributed by atoms with van der Waals surface area (Å²) in [6.07, 6.45) is 3.88. The van der Waals surface area contributed by atoms with Crippen LogP contribution in [0.15, 0.2) is 64.2 Å². The number of aryl methyl sites for hydroxylation is 1. The minimum absolute atomic E-state index is 0.317. The van der Waals surface area contributed by atoms with Gasteiger partial charge in [-0.05, 0) is 43.3 Å². The van der Waals surface area contributed by atoms with Gasteiger partial charge in [0.25, 0.3) is 0 Å². The van der Waals surface area contributed by atoms with E-state index in [0.29, 0.717) is 36.9 Å². The Morgan fingerprint density at radius 3 is 2.18 bits per heavy atom. The number of benzene rings is 1. The zero-order chi connectivity index (χ0) is 19.7. The highest BCUT2D eigenvalue weighted by Gasteiger charge is 2.29. The second-order valence-corrected chi connectivity index (χ2v) is 9.42. The van der Waals surface area contributed by atoms with E-state index in [0.717, 1.165) is 16.1 Å². The van der Waals surface area contributed by atoms with Crippen molar-refractivity contribution >= 4 is 31.8 Å². The molecule has 0 bridgehead atoms. The third kappa shape index (κ3) is 3.82. The summed E-state index contributed by atoms with van der Waals surface area (Å²) in [5.41, 5.74) is 0. The van der Waals surface area contributed by atoms with Crippen LogP contribution in [0.4, 0.5) is 5.82 Å². The molecule has 0 unspecified atom stereocenters. The maximum atomic E-state index is 12.9. The summed E-state index contributed by atoms with van der Waals surface area (Å²) in [6.45, 7) is 3.86. The Balaban J connectivity index is 1.51. The molecule has 1 aliphatic rings. The summed E-state index contributed by atoms with van der Waals surface area (Å²) in [5.74, 6) is 2.31. The Labute approximate surface area is 172 Å². The van der Waals surface area contributed by atoms with Crippen LogP contribution in [-0.2, 0) is 10.0 Å². The minimum Gasteiger partial charge on any atom is -0.354 e. The molecule has 1 fully saturated rings. The first-order valence-corrected chi connectivity index (χ1v) is 11.2. The van der Waals surface area contributed by atoms with E-state index in [2.05, 4.69) is 30.8 Å². The van der Waals surface area contributed by atoms with Crippen molar-refractivity contribution in [2.45, 2.75) is 11.8 Å². The zero-order valence-corrected chi connectivity index (χ0v) is 17.8. The summed E-state index contributed by atoms with van der Waals surface area (Å²) >= 11 is 3.34. The zero-order valence-electron chi connectivity index (χ0n) is 15.4. The maximum Gasteiger partial charge on any atom is 0.243 e. The molecule has 1 saturated heterocycles. The van der Waals surface area contributed by atoms with Gasteiger partial charge in [-0.25, -0.2) is 18.4 Å². The van der Waals surface area contributed by atoms with E-state index in [1.54, 1.807) is 24.3 Å². The summed E-state index contributed by atoms with van der Waals surface area (Å²) in [7, 11) is -3.49. The Kier molecular flexibility index (Phi) is 5.22. The second kappa shape index (κ2) is 7.65. The average molecular weight is 462 g/mol. The van der Waals surface area contributed by atoms with Gasteiger partial charge in [0.1, 0.15) is 17.5 Å². The molecule has 1 aliphatic heterocycles. The molecule has 9 heteroatoms. The Morgan fingerprint density at radius 1 is 0.929 bits per heavy atom. The van der Waals surface area contributed by atoms with Crippen molar-refractivity contribution in [1.82, 2.24) is 18.8 Å². The van der Waals surface area contributed by atoms with Crippen LogP contribution in [-0.4, -0.2) is 53.4 Å². The monoisotopic (exact) mass is 461 g/mol. The van der Waals surface area contributed by atoms with Crippen LogP contribution in [0, 0.1) is 6.92 Å². The van der Waals surface area contributed by atoms with Crippen molar-refractivity contribution in [2.24, 2.45) is 0 Å². The average Bonchev–Trinajstić information content (AvgIpc) is 3.23. The first-order chi connectivity index (χ1) is 13.4. The van der Waals surface area contributed by atoms with Crippen molar-refractivity contribution in [3.8, 4) is 5.82 Å². The largest absolute Gasteiger partial charge is 0.354 e. The van der Waals surface area contributed by atoms with E-state index in [4.69, 9.17) is 0 Å². The predicted octanol–water partition coefficient (Wildman–Crippen LogP) is 2.85. The van der Waals surface area contributed by atoms with Gasteiger partial charge in [-0.15, -0.1) is 0 Å². The highest BCUT2D eigenvalue weighted by molar-refractivity contribution is 9.10. The molecule has 2 aromatic heterocycles. The van der Waals surface area contributed by atoms with Crippen molar-refractivity contribution in [1.29, 1.82) is 0 Å². The van der Waals surface area contributed by atoms with Crippen molar-refractivity contribution in [3.63, 3.8) is 0 Å². The molecule has 0 saturated carbocycles. The van der Waals surface area contributed by atoms with Crippen molar-refractivity contribution in [2.75, 3.05) is 31.1 Å². The smallest absolute Gasteiger partial charge is 0.243 e. The lowest BCUT2D eigenvalue weighted by Crippen LogP contribution is -2.49. The molecule has 0 aliphatic carbocycles. The lowest BCUT2D eigenvalue weighted by molar-refractivity contribution is 0.383. The normalized spacial score (nSPS) is 15.7. The fraction of sp³-hybridized carbons (Fsp3) is 0.263. The van der Waals surface area contributed by atoms with E-state index in [1.807, 2.05) is 42.1 Å². The van der Waals surface area contributed by atoms with Crippen LogP contribution in [0.25, 0.3) is 5.82 Å². The number of nitrogens with zero attached hydrogens (tertiary/aromatic N) is 5. The van der Waals surface area contributed by atoms with Gasteiger partial charge in [0.05, 0.1) is 4.90 Å². The fourth-order valence-electron chi connectivity index (χ4n) is 3.23. The molecule has 0 atom stereocenters. The van der Waals surface area contributed by atoms with Crippen molar-refractivity contribution < 1.29 is 8.42 Å². The summed E-state index contributed by atoms with van der Waals surface area (Å²) in [4.78, 5) is 11.5. The number of anilines is 1. The second-order valence-electron chi connectivity index (χ2n) is 6.57. The summed E-state index contributed by atoms with van der Waals surface area (Å²) < 4.78 is 30.1. The van der Waals surface area contributed by atoms with Gasteiger partial charge in [-0.1, -0.05) is 15.9 Å². The first kappa shape index (κ1) is 19.1. The van der Waals surface area contributed by atoms with Crippen molar-refractivity contribution in [3.05, 3.63) is 65.2 Å². The SMILES string of the molecule is Cc1nc(N2CCN(S(=O)(=O)c3ccc(Br)cc3)CC2)cc(-n2cccc2)n1. The predicted molar refractivity (Wildman–Crippen MR) is 111 cm³/mol. The van der Waals surface area contributed by atoms with Gasteiger partial charge in [0.15, 0.2) is 0 Å². The number of rotatable bonds is 4. The molecule has 0 radical (unpaired) electrons. The highest BCUT2D eigenvalue weighted by Crippen LogP contribution is 2.22. The lowest BCUT2D eigenvalue weighted by Gasteiger charge is -2.34. The topological polar surface area (TPSA) is 71.3 Å². The number of aromatic nitrogens is 3. The number of hydrogen-bond donors (Lipinski definition) is 0. The Hall–Kier alpha value is -2.23. The third-order valence-electron chi connectivity index (χ3n) is 4.69. The Bertz CT molecular complexity index is 1060. The number of halogens is 1. The first-order valence-electron chi connectivity index (χ1n) is 8.93. The van der Waals surface area contributed by atoms with Gasteiger partial charge in [0.2, 0.25) is 10.0 Å². The van der Waals surface area contributed by atoms with Crippen LogP contribution in [0.2, 0.25) is 0 Å². The molecule has 4 rings (SSSR count). The van der Waals surface area contributed by atoms with E-state index < -0.39 is 10.0 Å². The van der Waals surface area contributed by atoms with Crippen LogP contribution in [0.1, 0.15) is 5.82 Å². The number of piperazine rings is 1. The molecule has 7 nitrogen and oxygen atoms in total. The molecule has 28 heavy (non-hydrogen) atoms. The van der Waals surface area contributed by atoms with Gasteiger partial charge in [-0.3, -0.25) is 0 Å². The van der Waals surface area contributed by atoms with Gasteiger partial charge in [0, 0.05) is 49.1 Å². The standard InChI is InChI=1S/C19H20BrN5O2S/c1-15-21-18(23-8-2-3-9-23)14-19(22-15)24-10-12-25(13-11-24)28(26,27)17-6-4-16(20)5-7-17/h2-9,14H,10-13H2,1H3. The molecule has 3 heterocycles. The van der Waals surface area contributed by atoms with Crippen LogP contribution >= 0.6 is 15.9 Å². The van der Waals surface area contributed by atoms with E-state index in [1.165, 1.54) is 4.31 Å². The molecule has 1 aromatic carbocycles. The fourth-order valence-corrected chi connectivity index (χ4v) is 4.92. The van der Waals surface area contributed by atoms with Crippen LogP contribution in [0.3, 0.4) is 0 Å². The van der Waals surface area contributed by atoms with E-state index in [-0.39, 0.29) is 0 Å². The van der Waals surface area contributed by atoms with Crippen LogP contribution in [0.5, 0.6) is 0 Å². The number of hydrogen-bond acceptors (Lipinski definition) is 5. The lowest BCUT2D eigenvalue weighted by atomic mass is 10.3. The highest BCUT2D eigenvalue weighted by atomic mass is 79.9. The summed E-state index contributed by atoms with van der Waals surface area (Å²) in [5, 5.41) is 0. The minimum atomic E-state index is -3.49. The molecular formula is C19H20BrN5O2S. The number of sulfonamides is 1. The maximum absolute atomic E-state index is 12.9. The molecular weight excluding hydrogens is 442 g/mol. The van der Waals surface area contributed by atoms with Gasteiger partial charge >= 0.3 is 0 Å². The van der Waals surface area contributed by atoms with E-state index >= 15 is 0 Å². The van der Waals surface area contributed by atoms with Crippen LogP contribution < -0.4 is 4.90 Å². The molecule has 0 N–H and O–H groups in total. The van der Waals surface area contributed by atoms with Gasteiger partial charge < -0.3 is 9.47 Å². The van der Waals surface area contributed by atoms with Gasteiger partial charge in [-0.2, -0.15) is 4.31 Å².